The topological polar surface area (TPSA) is 42.7 Å². The number of halogens is 1. The zero-order valence-corrected chi connectivity index (χ0v) is 12.0. The predicted molar refractivity (Wildman–Crippen MR) is 87.8 cm³/mol. The standard InChI is InChI=1S/C17H15FN4/c1-3-22-13(11-21-17(22)12(2)18)10-20-16-8-9-19-15-7-5-4-6-14(15)16/h3-9,11H,1-2,10H2,(H,19,20). The molecule has 22 heavy (non-hydrogen) atoms. The predicted octanol–water partition coefficient (Wildman–Crippen LogP) is 4.08. The second kappa shape index (κ2) is 5.81. The van der Waals surface area contributed by atoms with Crippen molar-refractivity contribution in [3.05, 3.63) is 67.4 Å². The molecule has 5 heteroatoms. The van der Waals surface area contributed by atoms with Crippen molar-refractivity contribution < 1.29 is 4.39 Å². The zero-order valence-electron chi connectivity index (χ0n) is 12.0. The van der Waals surface area contributed by atoms with Crippen LogP contribution in [0.3, 0.4) is 0 Å². The molecule has 0 saturated carbocycles. The fourth-order valence-corrected chi connectivity index (χ4v) is 2.37. The third-order valence-electron chi connectivity index (χ3n) is 3.41. The van der Waals surface area contributed by atoms with Crippen LogP contribution in [0.1, 0.15) is 11.5 Å². The summed E-state index contributed by atoms with van der Waals surface area (Å²) in [5.74, 6) is -0.410. The van der Waals surface area contributed by atoms with Crippen LogP contribution in [0, 0.1) is 0 Å². The van der Waals surface area contributed by atoms with Crippen LogP contribution in [0.25, 0.3) is 22.9 Å². The maximum absolute atomic E-state index is 13.3. The lowest BCUT2D eigenvalue weighted by molar-refractivity contribution is 0.740. The van der Waals surface area contributed by atoms with Crippen molar-refractivity contribution >= 4 is 28.6 Å². The van der Waals surface area contributed by atoms with Crippen LogP contribution in [0.4, 0.5) is 10.1 Å². The van der Waals surface area contributed by atoms with Gasteiger partial charge < -0.3 is 9.88 Å². The summed E-state index contributed by atoms with van der Waals surface area (Å²) in [5.41, 5.74) is 2.68. The van der Waals surface area contributed by atoms with E-state index in [9.17, 15) is 4.39 Å². The summed E-state index contributed by atoms with van der Waals surface area (Å²) in [4.78, 5) is 8.35. The number of nitrogens with zero attached hydrogens (tertiary/aromatic N) is 3. The Morgan fingerprint density at radius 3 is 2.86 bits per heavy atom. The third-order valence-corrected chi connectivity index (χ3v) is 3.41. The molecule has 110 valence electrons. The van der Waals surface area contributed by atoms with Gasteiger partial charge in [0.25, 0.3) is 0 Å². The first kappa shape index (κ1) is 14.0. The molecule has 1 aromatic carbocycles. The lowest BCUT2D eigenvalue weighted by Crippen LogP contribution is -2.05. The summed E-state index contributed by atoms with van der Waals surface area (Å²) in [6, 6.07) is 9.79. The summed E-state index contributed by atoms with van der Waals surface area (Å²) in [6.07, 6.45) is 4.89. The number of nitrogens with one attached hydrogen (secondary N) is 1. The fourth-order valence-electron chi connectivity index (χ4n) is 2.37. The first-order valence-electron chi connectivity index (χ1n) is 6.81. The smallest absolute Gasteiger partial charge is 0.172 e. The zero-order chi connectivity index (χ0) is 15.5. The van der Waals surface area contributed by atoms with Gasteiger partial charge in [-0.25, -0.2) is 9.37 Å². The summed E-state index contributed by atoms with van der Waals surface area (Å²) >= 11 is 0. The summed E-state index contributed by atoms with van der Waals surface area (Å²) in [6.45, 7) is 7.46. The highest BCUT2D eigenvalue weighted by Gasteiger charge is 2.10. The number of imidazole rings is 1. The monoisotopic (exact) mass is 294 g/mol. The normalized spacial score (nSPS) is 10.6. The molecule has 0 atom stereocenters. The number of rotatable bonds is 5. The van der Waals surface area contributed by atoms with Gasteiger partial charge in [0, 0.05) is 23.5 Å². The third kappa shape index (κ3) is 2.48. The number of pyridine rings is 1. The van der Waals surface area contributed by atoms with Gasteiger partial charge in [0.2, 0.25) is 0 Å². The Kier molecular flexibility index (Phi) is 3.70. The fraction of sp³-hybridized carbons (Fsp3) is 0.0588. The molecule has 0 saturated heterocycles. The Labute approximate surface area is 127 Å². The van der Waals surface area contributed by atoms with Gasteiger partial charge in [-0.1, -0.05) is 31.4 Å². The van der Waals surface area contributed by atoms with Crippen LogP contribution in [-0.2, 0) is 6.54 Å². The molecule has 0 radical (unpaired) electrons. The molecule has 2 aromatic heterocycles. The Morgan fingerprint density at radius 2 is 2.09 bits per heavy atom. The minimum Gasteiger partial charge on any atom is -0.379 e. The number of hydrogen-bond acceptors (Lipinski definition) is 3. The summed E-state index contributed by atoms with van der Waals surface area (Å²) in [7, 11) is 0. The van der Waals surface area contributed by atoms with Crippen LogP contribution in [0.2, 0.25) is 0 Å². The van der Waals surface area contributed by atoms with Gasteiger partial charge in [0.1, 0.15) is 0 Å². The molecule has 3 aromatic rings. The Bertz CT molecular complexity index is 845. The van der Waals surface area contributed by atoms with Crippen molar-refractivity contribution in [3.8, 4) is 0 Å². The van der Waals surface area contributed by atoms with Crippen LogP contribution < -0.4 is 5.32 Å². The van der Waals surface area contributed by atoms with Crippen LogP contribution in [-0.4, -0.2) is 14.5 Å². The molecule has 0 spiro atoms. The molecular weight excluding hydrogens is 279 g/mol. The van der Waals surface area contributed by atoms with Gasteiger partial charge in [-0.2, -0.15) is 0 Å². The van der Waals surface area contributed by atoms with Crippen molar-refractivity contribution in [3.63, 3.8) is 0 Å². The SMILES string of the molecule is C=Cn1c(CNc2ccnc3ccccc23)cnc1C(=C)F. The van der Waals surface area contributed by atoms with E-state index in [1.165, 1.54) is 6.20 Å². The van der Waals surface area contributed by atoms with E-state index >= 15 is 0 Å². The molecule has 0 aliphatic rings. The second-order valence-electron chi connectivity index (χ2n) is 4.76. The highest BCUT2D eigenvalue weighted by molar-refractivity contribution is 5.90. The molecule has 4 nitrogen and oxygen atoms in total. The Balaban J connectivity index is 1.89. The van der Waals surface area contributed by atoms with Gasteiger partial charge >= 0.3 is 0 Å². The largest absolute Gasteiger partial charge is 0.379 e. The number of benzene rings is 1. The highest BCUT2D eigenvalue weighted by atomic mass is 19.1. The molecule has 0 aliphatic heterocycles. The Morgan fingerprint density at radius 1 is 1.27 bits per heavy atom. The first-order chi connectivity index (χ1) is 10.7. The van der Waals surface area contributed by atoms with Crippen LogP contribution in [0.5, 0.6) is 0 Å². The molecule has 0 aliphatic carbocycles. The summed E-state index contributed by atoms with van der Waals surface area (Å²) in [5, 5.41) is 4.36. The molecule has 0 fully saturated rings. The van der Waals surface area contributed by atoms with Crippen LogP contribution >= 0.6 is 0 Å². The van der Waals surface area contributed by atoms with Gasteiger partial charge in [-0.15, -0.1) is 0 Å². The van der Waals surface area contributed by atoms with E-state index < -0.39 is 5.83 Å². The number of aromatic nitrogens is 3. The highest BCUT2D eigenvalue weighted by Crippen LogP contribution is 2.22. The molecule has 1 N–H and O–H groups in total. The number of anilines is 1. The summed E-state index contributed by atoms with van der Waals surface area (Å²) < 4.78 is 14.9. The average molecular weight is 294 g/mol. The number of para-hydroxylation sites is 1. The van der Waals surface area contributed by atoms with Crippen LogP contribution in [0.15, 0.2) is 55.9 Å². The van der Waals surface area contributed by atoms with Crippen molar-refractivity contribution in [2.45, 2.75) is 6.54 Å². The quantitative estimate of drug-likeness (QED) is 0.771. The van der Waals surface area contributed by atoms with E-state index in [2.05, 4.69) is 28.4 Å². The molecular formula is C17H15FN4. The van der Waals surface area contributed by atoms with E-state index in [0.717, 1.165) is 22.3 Å². The van der Waals surface area contributed by atoms with E-state index in [0.29, 0.717) is 6.54 Å². The molecule has 0 amide bonds. The number of hydrogen-bond donors (Lipinski definition) is 1. The minimum atomic E-state index is -0.583. The molecule has 0 bridgehead atoms. The molecule has 3 rings (SSSR count). The lowest BCUT2D eigenvalue weighted by atomic mass is 10.2. The number of fused-ring (bicyclic) bond motifs is 1. The maximum Gasteiger partial charge on any atom is 0.172 e. The van der Waals surface area contributed by atoms with Crippen molar-refractivity contribution in [2.24, 2.45) is 0 Å². The van der Waals surface area contributed by atoms with Gasteiger partial charge in [-0.3, -0.25) is 4.98 Å². The van der Waals surface area contributed by atoms with Crippen molar-refractivity contribution in [1.29, 1.82) is 0 Å². The van der Waals surface area contributed by atoms with Gasteiger partial charge in [0.15, 0.2) is 11.7 Å². The van der Waals surface area contributed by atoms with E-state index in [1.807, 2.05) is 30.3 Å². The second-order valence-corrected chi connectivity index (χ2v) is 4.76. The minimum absolute atomic E-state index is 0.173. The lowest BCUT2D eigenvalue weighted by Gasteiger charge is -2.10. The maximum atomic E-state index is 13.3. The van der Waals surface area contributed by atoms with Gasteiger partial charge in [-0.05, 0) is 12.1 Å². The molecule has 0 unspecified atom stereocenters. The van der Waals surface area contributed by atoms with Crippen molar-refractivity contribution in [2.75, 3.05) is 5.32 Å². The van der Waals surface area contributed by atoms with E-state index in [1.54, 1.807) is 17.0 Å². The molecule has 2 heterocycles. The van der Waals surface area contributed by atoms with E-state index in [-0.39, 0.29) is 5.82 Å². The Hall–Kier alpha value is -2.95. The van der Waals surface area contributed by atoms with Gasteiger partial charge in [0.05, 0.1) is 24.0 Å². The first-order valence-corrected chi connectivity index (χ1v) is 6.81. The van der Waals surface area contributed by atoms with Crippen molar-refractivity contribution in [1.82, 2.24) is 14.5 Å². The average Bonchev–Trinajstić information content (AvgIpc) is 2.96. The van der Waals surface area contributed by atoms with E-state index in [4.69, 9.17) is 0 Å².